The van der Waals surface area contributed by atoms with Gasteiger partial charge in [-0.1, -0.05) is 12.2 Å². The van der Waals surface area contributed by atoms with Crippen molar-refractivity contribution in [3.63, 3.8) is 0 Å². The first kappa shape index (κ1) is 11.0. The molecule has 0 radical (unpaired) electrons. The molecule has 1 heterocycles. The largest absolute Gasteiger partial charge is 0.386 e. The highest BCUT2D eigenvalue weighted by molar-refractivity contribution is 6.18. The minimum atomic E-state index is -0.658. The van der Waals surface area contributed by atoms with Crippen molar-refractivity contribution in [1.29, 1.82) is 0 Å². The molecule has 0 amide bonds. The van der Waals surface area contributed by atoms with Crippen molar-refractivity contribution in [2.45, 2.75) is 12.0 Å². The molecule has 0 aromatic carbocycles. The molecular weight excluding hydrogens is 190 g/mol. The van der Waals surface area contributed by atoms with Gasteiger partial charge in [0.05, 0.1) is 6.61 Å². The Labute approximate surface area is 83.7 Å². The van der Waals surface area contributed by atoms with Crippen molar-refractivity contribution < 1.29 is 9.84 Å². The van der Waals surface area contributed by atoms with Gasteiger partial charge < -0.3 is 15.2 Å². The van der Waals surface area contributed by atoms with Crippen molar-refractivity contribution in [2.75, 3.05) is 32.2 Å². The van der Waals surface area contributed by atoms with Crippen molar-refractivity contribution >= 4 is 11.6 Å². The summed E-state index contributed by atoms with van der Waals surface area (Å²) >= 11 is 5.45. The maximum absolute atomic E-state index is 9.81. The Morgan fingerprint density at radius 2 is 2.38 bits per heavy atom. The van der Waals surface area contributed by atoms with Crippen LogP contribution in [-0.2, 0) is 4.74 Å². The van der Waals surface area contributed by atoms with E-state index in [9.17, 15) is 5.11 Å². The summed E-state index contributed by atoms with van der Waals surface area (Å²) in [6.07, 6.45) is 4.55. The average molecular weight is 206 g/mol. The molecular formula is C9H16ClNO2. The van der Waals surface area contributed by atoms with E-state index in [-0.39, 0.29) is 0 Å². The van der Waals surface area contributed by atoms with Crippen LogP contribution in [0.15, 0.2) is 12.2 Å². The first-order valence-corrected chi connectivity index (χ1v) is 5.02. The van der Waals surface area contributed by atoms with Crippen LogP contribution < -0.4 is 5.32 Å². The van der Waals surface area contributed by atoms with E-state index in [0.29, 0.717) is 25.6 Å². The topological polar surface area (TPSA) is 41.5 Å². The summed E-state index contributed by atoms with van der Waals surface area (Å²) in [4.78, 5) is 0. The average Bonchev–Trinajstić information content (AvgIpc) is 2.53. The summed E-state index contributed by atoms with van der Waals surface area (Å²) in [5.74, 6) is 0.537. The fourth-order valence-electron chi connectivity index (χ4n) is 1.27. The molecule has 2 N–H and O–H groups in total. The van der Waals surface area contributed by atoms with Gasteiger partial charge in [-0.2, -0.15) is 0 Å². The third kappa shape index (κ3) is 4.09. The Kier molecular flexibility index (Phi) is 4.73. The van der Waals surface area contributed by atoms with Crippen molar-refractivity contribution in [2.24, 2.45) is 0 Å². The third-order valence-corrected chi connectivity index (χ3v) is 2.23. The van der Waals surface area contributed by atoms with E-state index in [0.717, 1.165) is 13.0 Å². The molecule has 1 unspecified atom stereocenters. The number of hydrogen-bond donors (Lipinski definition) is 2. The molecule has 1 aliphatic rings. The van der Waals surface area contributed by atoms with Gasteiger partial charge in [0.1, 0.15) is 5.60 Å². The second kappa shape index (κ2) is 5.60. The zero-order chi connectivity index (χ0) is 9.57. The van der Waals surface area contributed by atoms with Crippen LogP contribution >= 0.6 is 11.6 Å². The third-order valence-electron chi connectivity index (χ3n) is 2.05. The highest BCUT2D eigenvalue weighted by Crippen LogP contribution is 2.16. The molecule has 1 rings (SSSR count). The standard InChI is InChI=1S/C9H16ClNO2/c10-4-1-2-5-11-7-9(12)3-6-13-8-9/h1-2,11-12H,3-8H2/b2-1+. The van der Waals surface area contributed by atoms with E-state index in [1.165, 1.54) is 0 Å². The molecule has 3 nitrogen and oxygen atoms in total. The first-order valence-electron chi connectivity index (χ1n) is 4.49. The van der Waals surface area contributed by atoms with Gasteiger partial charge in [0.25, 0.3) is 0 Å². The van der Waals surface area contributed by atoms with Crippen LogP contribution in [0.2, 0.25) is 0 Å². The van der Waals surface area contributed by atoms with Gasteiger partial charge in [0, 0.05) is 32.0 Å². The van der Waals surface area contributed by atoms with Gasteiger partial charge in [-0.15, -0.1) is 11.6 Å². The molecule has 0 saturated carbocycles. The molecule has 76 valence electrons. The zero-order valence-corrected chi connectivity index (χ0v) is 8.39. The second-order valence-corrected chi connectivity index (χ2v) is 3.59. The van der Waals surface area contributed by atoms with Crippen LogP contribution in [0.25, 0.3) is 0 Å². The van der Waals surface area contributed by atoms with Crippen molar-refractivity contribution in [3.05, 3.63) is 12.2 Å². The SMILES string of the molecule is OC1(CNC/C=C/CCl)CCOC1. The summed E-state index contributed by atoms with van der Waals surface area (Å²) in [5, 5.41) is 12.9. The Morgan fingerprint density at radius 1 is 1.54 bits per heavy atom. The Bertz CT molecular complexity index is 167. The molecule has 1 saturated heterocycles. The minimum Gasteiger partial charge on any atom is -0.386 e. The highest BCUT2D eigenvalue weighted by Gasteiger charge is 2.31. The first-order chi connectivity index (χ1) is 6.27. The number of hydrogen-bond acceptors (Lipinski definition) is 3. The number of rotatable bonds is 5. The van der Waals surface area contributed by atoms with Crippen LogP contribution in [0.1, 0.15) is 6.42 Å². The Balaban J connectivity index is 2.07. The van der Waals surface area contributed by atoms with Crippen molar-refractivity contribution in [3.8, 4) is 0 Å². The molecule has 1 atom stereocenters. The molecule has 4 heteroatoms. The van der Waals surface area contributed by atoms with Crippen LogP contribution in [0.4, 0.5) is 0 Å². The quantitative estimate of drug-likeness (QED) is 0.391. The number of aliphatic hydroxyl groups is 1. The predicted molar refractivity (Wildman–Crippen MR) is 53.1 cm³/mol. The Hall–Kier alpha value is -0.0900. The fraction of sp³-hybridized carbons (Fsp3) is 0.778. The maximum atomic E-state index is 9.81. The molecule has 0 bridgehead atoms. The lowest BCUT2D eigenvalue weighted by molar-refractivity contribution is 0.0279. The van der Waals surface area contributed by atoms with Crippen LogP contribution in [0, 0.1) is 0 Å². The molecule has 0 aromatic heterocycles. The summed E-state index contributed by atoms with van der Waals surface area (Å²) in [5.41, 5.74) is -0.658. The highest BCUT2D eigenvalue weighted by atomic mass is 35.5. The van der Waals surface area contributed by atoms with Crippen molar-refractivity contribution in [1.82, 2.24) is 5.32 Å². The van der Waals surface area contributed by atoms with E-state index >= 15 is 0 Å². The monoisotopic (exact) mass is 205 g/mol. The summed E-state index contributed by atoms with van der Waals surface area (Å²) in [6.45, 7) is 2.43. The summed E-state index contributed by atoms with van der Waals surface area (Å²) in [6, 6.07) is 0. The molecule has 0 aliphatic carbocycles. The van der Waals surface area contributed by atoms with Gasteiger partial charge in [-0.3, -0.25) is 0 Å². The minimum absolute atomic E-state index is 0.444. The van der Waals surface area contributed by atoms with E-state index in [4.69, 9.17) is 16.3 Å². The van der Waals surface area contributed by atoms with Gasteiger partial charge in [-0.05, 0) is 0 Å². The number of alkyl halides is 1. The molecule has 13 heavy (non-hydrogen) atoms. The number of allylic oxidation sites excluding steroid dienone is 1. The van der Waals surface area contributed by atoms with Gasteiger partial charge >= 0.3 is 0 Å². The van der Waals surface area contributed by atoms with E-state index < -0.39 is 5.60 Å². The summed E-state index contributed by atoms with van der Waals surface area (Å²) in [7, 11) is 0. The Morgan fingerprint density at radius 3 is 3.00 bits per heavy atom. The lowest BCUT2D eigenvalue weighted by Gasteiger charge is -2.19. The predicted octanol–water partition coefficient (Wildman–Crippen LogP) is 0.522. The van der Waals surface area contributed by atoms with Gasteiger partial charge in [-0.25, -0.2) is 0 Å². The van der Waals surface area contributed by atoms with E-state index in [2.05, 4.69) is 5.32 Å². The maximum Gasteiger partial charge on any atom is 0.102 e. The number of halogens is 1. The molecule has 1 aliphatic heterocycles. The van der Waals surface area contributed by atoms with Crippen LogP contribution in [0.3, 0.4) is 0 Å². The second-order valence-electron chi connectivity index (χ2n) is 3.28. The van der Waals surface area contributed by atoms with Crippen LogP contribution in [-0.4, -0.2) is 42.9 Å². The van der Waals surface area contributed by atoms with Crippen LogP contribution in [0.5, 0.6) is 0 Å². The fourth-order valence-corrected chi connectivity index (χ4v) is 1.40. The molecule has 0 aromatic rings. The number of ether oxygens (including phenoxy) is 1. The lowest BCUT2D eigenvalue weighted by atomic mass is 10.0. The molecule has 1 fully saturated rings. The smallest absolute Gasteiger partial charge is 0.102 e. The summed E-state index contributed by atoms with van der Waals surface area (Å²) < 4.78 is 5.11. The zero-order valence-electron chi connectivity index (χ0n) is 7.63. The van der Waals surface area contributed by atoms with Gasteiger partial charge in [0.15, 0.2) is 0 Å². The van der Waals surface area contributed by atoms with E-state index in [1.54, 1.807) is 0 Å². The molecule has 0 spiro atoms. The normalized spacial score (nSPS) is 28.8. The van der Waals surface area contributed by atoms with E-state index in [1.807, 2.05) is 12.2 Å². The lowest BCUT2D eigenvalue weighted by Crippen LogP contribution is -2.41. The van der Waals surface area contributed by atoms with Gasteiger partial charge in [0.2, 0.25) is 0 Å². The number of nitrogens with one attached hydrogen (secondary N) is 1.